The van der Waals surface area contributed by atoms with E-state index in [0.717, 1.165) is 37.3 Å². The van der Waals surface area contributed by atoms with Crippen LogP contribution in [0, 0.1) is 18.3 Å². The Bertz CT molecular complexity index is 829. The first-order chi connectivity index (χ1) is 11.2. The van der Waals surface area contributed by atoms with E-state index in [2.05, 4.69) is 29.2 Å². The van der Waals surface area contributed by atoms with Crippen molar-refractivity contribution in [3.8, 4) is 6.07 Å². The SMILES string of the molecule is CCCn1c(C)cc(N2CCc3ccccc3C2)c(C#N)c1=O. The highest BCUT2D eigenvalue weighted by Crippen LogP contribution is 2.26. The van der Waals surface area contributed by atoms with Crippen molar-refractivity contribution in [2.45, 2.75) is 39.8 Å². The predicted molar refractivity (Wildman–Crippen MR) is 91.6 cm³/mol. The van der Waals surface area contributed by atoms with Gasteiger partial charge in [0.05, 0.1) is 5.69 Å². The molecule has 0 fully saturated rings. The Morgan fingerprint density at radius 2 is 2.00 bits per heavy atom. The molecule has 118 valence electrons. The topological polar surface area (TPSA) is 49.0 Å². The highest BCUT2D eigenvalue weighted by Gasteiger charge is 2.21. The molecule has 0 saturated heterocycles. The van der Waals surface area contributed by atoms with E-state index in [0.29, 0.717) is 6.54 Å². The summed E-state index contributed by atoms with van der Waals surface area (Å²) in [5.41, 5.74) is 4.43. The number of benzene rings is 1. The van der Waals surface area contributed by atoms with E-state index in [4.69, 9.17) is 0 Å². The van der Waals surface area contributed by atoms with Gasteiger partial charge in [0.15, 0.2) is 0 Å². The van der Waals surface area contributed by atoms with Gasteiger partial charge in [-0.1, -0.05) is 31.2 Å². The van der Waals surface area contributed by atoms with E-state index in [1.54, 1.807) is 4.57 Å². The Morgan fingerprint density at radius 3 is 2.70 bits per heavy atom. The van der Waals surface area contributed by atoms with Crippen LogP contribution in [0.1, 0.15) is 35.7 Å². The number of pyridine rings is 1. The number of aromatic nitrogens is 1. The first-order valence-corrected chi connectivity index (χ1v) is 8.12. The largest absolute Gasteiger partial charge is 0.366 e. The smallest absolute Gasteiger partial charge is 0.270 e. The zero-order valence-electron chi connectivity index (χ0n) is 13.7. The highest BCUT2D eigenvalue weighted by atomic mass is 16.1. The average molecular weight is 307 g/mol. The standard InChI is InChI=1S/C19H21N3O/c1-3-9-22-14(2)11-18(17(12-20)19(22)23)21-10-8-15-6-4-5-7-16(15)13-21/h4-7,11H,3,8-10,13H2,1-2H3. The molecule has 0 spiro atoms. The second kappa shape index (κ2) is 6.29. The van der Waals surface area contributed by atoms with Crippen LogP contribution in [0.4, 0.5) is 5.69 Å². The van der Waals surface area contributed by atoms with Crippen LogP contribution in [0.25, 0.3) is 0 Å². The molecule has 0 bridgehead atoms. The molecule has 2 aromatic rings. The maximum atomic E-state index is 12.6. The number of hydrogen-bond donors (Lipinski definition) is 0. The van der Waals surface area contributed by atoms with E-state index in [9.17, 15) is 10.1 Å². The summed E-state index contributed by atoms with van der Waals surface area (Å²) in [7, 11) is 0. The molecule has 1 aliphatic rings. The summed E-state index contributed by atoms with van der Waals surface area (Å²) in [6.45, 7) is 6.22. The Labute approximate surface area is 136 Å². The van der Waals surface area contributed by atoms with Gasteiger partial charge >= 0.3 is 0 Å². The number of aryl methyl sites for hydroxylation is 1. The van der Waals surface area contributed by atoms with Crippen LogP contribution >= 0.6 is 0 Å². The fraction of sp³-hybridized carbons (Fsp3) is 0.368. The number of fused-ring (bicyclic) bond motifs is 1. The summed E-state index contributed by atoms with van der Waals surface area (Å²) in [6.07, 6.45) is 1.82. The van der Waals surface area contributed by atoms with Crippen LogP contribution in [0.3, 0.4) is 0 Å². The van der Waals surface area contributed by atoms with Crippen molar-refractivity contribution in [2.75, 3.05) is 11.4 Å². The average Bonchev–Trinajstić information content (AvgIpc) is 2.57. The summed E-state index contributed by atoms with van der Waals surface area (Å²) in [5.74, 6) is 0. The van der Waals surface area contributed by atoms with E-state index in [1.807, 2.05) is 26.0 Å². The Hall–Kier alpha value is -2.54. The molecule has 1 aromatic heterocycles. The van der Waals surface area contributed by atoms with Crippen molar-refractivity contribution in [2.24, 2.45) is 0 Å². The van der Waals surface area contributed by atoms with E-state index >= 15 is 0 Å². The lowest BCUT2D eigenvalue weighted by Crippen LogP contribution is -2.34. The van der Waals surface area contributed by atoms with Crippen molar-refractivity contribution in [1.82, 2.24) is 4.57 Å². The van der Waals surface area contributed by atoms with E-state index < -0.39 is 0 Å². The van der Waals surface area contributed by atoms with Crippen LogP contribution in [-0.2, 0) is 19.5 Å². The fourth-order valence-electron chi connectivity index (χ4n) is 3.31. The van der Waals surface area contributed by atoms with Gasteiger partial charge in [0, 0.05) is 25.3 Å². The van der Waals surface area contributed by atoms with Gasteiger partial charge in [0.1, 0.15) is 11.6 Å². The third kappa shape index (κ3) is 2.75. The summed E-state index contributed by atoms with van der Waals surface area (Å²) in [6, 6.07) is 12.5. The Morgan fingerprint density at radius 1 is 1.26 bits per heavy atom. The molecule has 0 radical (unpaired) electrons. The van der Waals surface area contributed by atoms with Crippen LogP contribution in [-0.4, -0.2) is 11.1 Å². The third-order valence-electron chi connectivity index (χ3n) is 4.52. The highest BCUT2D eigenvalue weighted by molar-refractivity contribution is 5.60. The maximum Gasteiger partial charge on any atom is 0.270 e. The molecule has 0 atom stereocenters. The molecule has 4 heteroatoms. The molecular weight excluding hydrogens is 286 g/mol. The number of anilines is 1. The van der Waals surface area contributed by atoms with Crippen molar-refractivity contribution in [1.29, 1.82) is 5.26 Å². The molecule has 4 nitrogen and oxygen atoms in total. The van der Waals surface area contributed by atoms with Gasteiger partial charge in [-0.05, 0) is 37.0 Å². The minimum Gasteiger partial charge on any atom is -0.366 e. The van der Waals surface area contributed by atoms with Gasteiger partial charge in [0.2, 0.25) is 0 Å². The predicted octanol–water partition coefficient (Wildman–Crippen LogP) is 3.00. The molecule has 1 aliphatic heterocycles. The first kappa shape index (κ1) is 15.4. The van der Waals surface area contributed by atoms with Crippen LogP contribution < -0.4 is 10.5 Å². The van der Waals surface area contributed by atoms with Gasteiger partial charge < -0.3 is 9.47 Å². The van der Waals surface area contributed by atoms with Crippen LogP contribution in [0.5, 0.6) is 0 Å². The zero-order valence-corrected chi connectivity index (χ0v) is 13.7. The van der Waals surface area contributed by atoms with Crippen LogP contribution in [0.15, 0.2) is 35.1 Å². The number of nitrogens with zero attached hydrogens (tertiary/aromatic N) is 3. The summed E-state index contributed by atoms with van der Waals surface area (Å²) in [4.78, 5) is 14.8. The third-order valence-corrected chi connectivity index (χ3v) is 4.52. The van der Waals surface area contributed by atoms with Gasteiger partial charge in [-0.2, -0.15) is 5.26 Å². The summed E-state index contributed by atoms with van der Waals surface area (Å²) in [5, 5.41) is 9.52. The second-order valence-corrected chi connectivity index (χ2v) is 6.05. The molecule has 0 aliphatic carbocycles. The Balaban J connectivity index is 2.05. The van der Waals surface area contributed by atoms with Crippen molar-refractivity contribution < 1.29 is 0 Å². The number of nitriles is 1. The molecule has 0 saturated carbocycles. The fourth-order valence-corrected chi connectivity index (χ4v) is 3.31. The zero-order chi connectivity index (χ0) is 16.4. The number of hydrogen-bond acceptors (Lipinski definition) is 3. The lowest BCUT2D eigenvalue weighted by Gasteiger charge is -2.31. The lowest BCUT2D eigenvalue weighted by molar-refractivity contribution is 0.630. The molecule has 0 N–H and O–H groups in total. The molecule has 2 heterocycles. The quantitative estimate of drug-likeness (QED) is 0.876. The molecule has 1 aromatic carbocycles. The Kier molecular flexibility index (Phi) is 4.20. The van der Waals surface area contributed by atoms with E-state index in [1.165, 1.54) is 11.1 Å². The first-order valence-electron chi connectivity index (χ1n) is 8.12. The number of rotatable bonds is 3. The van der Waals surface area contributed by atoms with Gasteiger partial charge in [0.25, 0.3) is 5.56 Å². The summed E-state index contributed by atoms with van der Waals surface area (Å²) < 4.78 is 1.71. The lowest BCUT2D eigenvalue weighted by atomic mass is 9.99. The normalized spacial score (nSPS) is 13.5. The molecule has 0 amide bonds. The van der Waals surface area contributed by atoms with Crippen molar-refractivity contribution in [3.63, 3.8) is 0 Å². The van der Waals surface area contributed by atoms with Crippen molar-refractivity contribution in [3.05, 3.63) is 63.1 Å². The molecule has 0 unspecified atom stereocenters. The second-order valence-electron chi connectivity index (χ2n) is 6.05. The van der Waals surface area contributed by atoms with Gasteiger partial charge in [-0.3, -0.25) is 4.79 Å². The molecule has 23 heavy (non-hydrogen) atoms. The minimum absolute atomic E-state index is 0.164. The van der Waals surface area contributed by atoms with Crippen LogP contribution in [0.2, 0.25) is 0 Å². The minimum atomic E-state index is -0.164. The van der Waals surface area contributed by atoms with Crippen molar-refractivity contribution >= 4 is 5.69 Å². The van der Waals surface area contributed by atoms with E-state index in [-0.39, 0.29) is 11.1 Å². The monoisotopic (exact) mass is 307 g/mol. The molecular formula is C19H21N3O. The van der Waals surface area contributed by atoms with Gasteiger partial charge in [-0.15, -0.1) is 0 Å². The van der Waals surface area contributed by atoms with Gasteiger partial charge in [-0.25, -0.2) is 0 Å². The maximum absolute atomic E-state index is 12.6. The summed E-state index contributed by atoms with van der Waals surface area (Å²) >= 11 is 0. The molecule has 3 rings (SSSR count).